The molecule has 1 heterocycles. The van der Waals surface area contributed by atoms with Crippen molar-refractivity contribution >= 4 is 23.5 Å². The summed E-state index contributed by atoms with van der Waals surface area (Å²) < 4.78 is 0. The van der Waals surface area contributed by atoms with E-state index in [4.69, 9.17) is 0 Å². The fraction of sp³-hybridized carbons (Fsp3) is 0.400. The second-order valence-corrected chi connectivity index (χ2v) is 5.48. The van der Waals surface area contributed by atoms with E-state index in [0.29, 0.717) is 5.69 Å². The van der Waals surface area contributed by atoms with Crippen molar-refractivity contribution in [3.05, 3.63) is 30.3 Å². The molecule has 6 heteroatoms. The molecular formula is C15H16N2O4. The number of anilines is 1. The quantitative estimate of drug-likeness (QED) is 0.782. The number of nitrogens with one attached hydrogen (secondary N) is 1. The molecule has 2 amide bonds. The maximum Gasteiger partial charge on any atom is 0.321 e. The molecule has 1 aromatic carbocycles. The Morgan fingerprint density at radius 3 is 2.48 bits per heavy atom. The van der Waals surface area contributed by atoms with Crippen LogP contribution in [-0.4, -0.2) is 35.0 Å². The second kappa shape index (κ2) is 5.29. The highest BCUT2D eigenvalue weighted by molar-refractivity contribution is 6.22. The molecule has 2 unspecified atom stereocenters. The number of nitrogens with zero attached hydrogens (tertiary/aromatic N) is 1. The van der Waals surface area contributed by atoms with Crippen molar-refractivity contribution in [2.75, 3.05) is 4.90 Å². The van der Waals surface area contributed by atoms with Gasteiger partial charge in [-0.2, -0.15) is 0 Å². The summed E-state index contributed by atoms with van der Waals surface area (Å²) in [6.45, 7) is 0. The van der Waals surface area contributed by atoms with Crippen LogP contribution in [-0.2, 0) is 14.4 Å². The van der Waals surface area contributed by atoms with Crippen LogP contribution in [0.1, 0.15) is 19.3 Å². The van der Waals surface area contributed by atoms with Gasteiger partial charge in [0.1, 0.15) is 6.04 Å². The second-order valence-electron chi connectivity index (χ2n) is 5.48. The van der Waals surface area contributed by atoms with Crippen LogP contribution in [0, 0.1) is 5.92 Å². The van der Waals surface area contributed by atoms with E-state index in [1.54, 1.807) is 30.3 Å². The van der Waals surface area contributed by atoms with Crippen molar-refractivity contribution < 1.29 is 19.5 Å². The number of hydrogen-bond donors (Lipinski definition) is 2. The number of imide groups is 1. The van der Waals surface area contributed by atoms with Crippen LogP contribution >= 0.6 is 0 Å². The number of para-hydroxylation sites is 1. The minimum Gasteiger partial charge on any atom is -0.480 e. The average Bonchev–Trinajstić information content (AvgIpc) is 3.24. The predicted molar refractivity (Wildman–Crippen MR) is 74.6 cm³/mol. The molecule has 0 bridgehead atoms. The van der Waals surface area contributed by atoms with Crippen LogP contribution < -0.4 is 10.2 Å². The number of aliphatic carboxylic acids is 1. The maximum absolute atomic E-state index is 12.4. The molecule has 1 saturated carbocycles. The lowest BCUT2D eigenvalue weighted by atomic mass is 10.1. The number of carbonyl (C=O) groups excluding carboxylic acids is 2. The zero-order valence-corrected chi connectivity index (χ0v) is 11.4. The van der Waals surface area contributed by atoms with Crippen LogP contribution in [0.3, 0.4) is 0 Å². The van der Waals surface area contributed by atoms with Gasteiger partial charge in [0.25, 0.3) is 5.91 Å². The Morgan fingerprint density at radius 1 is 1.24 bits per heavy atom. The molecule has 0 aromatic heterocycles. The van der Waals surface area contributed by atoms with Gasteiger partial charge < -0.3 is 5.11 Å². The first kappa shape index (κ1) is 13.8. The maximum atomic E-state index is 12.4. The summed E-state index contributed by atoms with van der Waals surface area (Å²) in [5.41, 5.74) is 0.523. The number of amides is 2. The van der Waals surface area contributed by atoms with Crippen molar-refractivity contribution in [3.63, 3.8) is 0 Å². The summed E-state index contributed by atoms with van der Waals surface area (Å²) in [5.74, 6) is -1.58. The standard InChI is InChI=1S/C15H16N2O4/c18-12-8-11(16-13(15(20)21)9-6-7-9)14(19)17(12)10-4-2-1-3-5-10/h1-5,9,11,13,16H,6-8H2,(H,20,21). The largest absolute Gasteiger partial charge is 0.480 e. The van der Waals surface area contributed by atoms with Crippen LogP contribution in [0.25, 0.3) is 0 Å². The topological polar surface area (TPSA) is 86.7 Å². The van der Waals surface area contributed by atoms with E-state index in [9.17, 15) is 19.5 Å². The first-order chi connectivity index (χ1) is 10.1. The molecule has 3 rings (SSSR count). The summed E-state index contributed by atoms with van der Waals surface area (Å²) in [6, 6.07) is 7.18. The summed E-state index contributed by atoms with van der Waals surface area (Å²) >= 11 is 0. The van der Waals surface area contributed by atoms with Gasteiger partial charge in [-0.05, 0) is 30.9 Å². The van der Waals surface area contributed by atoms with Crippen LogP contribution in [0.5, 0.6) is 0 Å². The Balaban J connectivity index is 1.76. The highest BCUT2D eigenvalue weighted by atomic mass is 16.4. The number of carboxylic acid groups (broad SMARTS) is 1. The van der Waals surface area contributed by atoms with Crippen molar-refractivity contribution in [3.8, 4) is 0 Å². The molecular weight excluding hydrogens is 272 g/mol. The molecule has 6 nitrogen and oxygen atoms in total. The van der Waals surface area contributed by atoms with Crippen molar-refractivity contribution in [1.82, 2.24) is 5.32 Å². The van der Waals surface area contributed by atoms with Gasteiger partial charge in [0, 0.05) is 0 Å². The SMILES string of the molecule is O=C(O)C(NC1CC(=O)N(c2ccccc2)C1=O)C1CC1. The number of benzene rings is 1. The average molecular weight is 288 g/mol. The lowest BCUT2D eigenvalue weighted by Crippen LogP contribution is -2.48. The fourth-order valence-corrected chi connectivity index (χ4v) is 2.67. The van der Waals surface area contributed by atoms with Gasteiger partial charge in [-0.1, -0.05) is 18.2 Å². The summed E-state index contributed by atoms with van der Waals surface area (Å²) in [5, 5.41) is 12.1. The van der Waals surface area contributed by atoms with Crippen LogP contribution in [0.4, 0.5) is 5.69 Å². The molecule has 2 atom stereocenters. The van der Waals surface area contributed by atoms with Crippen molar-refractivity contribution in [1.29, 1.82) is 0 Å². The lowest BCUT2D eigenvalue weighted by Gasteiger charge is -2.19. The number of hydrogen-bond acceptors (Lipinski definition) is 4. The smallest absolute Gasteiger partial charge is 0.321 e. The minimum absolute atomic E-state index is 0.00419. The number of carbonyl (C=O) groups is 3. The number of rotatable bonds is 5. The summed E-state index contributed by atoms with van der Waals surface area (Å²) in [7, 11) is 0. The Kier molecular flexibility index (Phi) is 3.47. The Labute approximate surface area is 121 Å². The van der Waals surface area contributed by atoms with Gasteiger partial charge in [0.2, 0.25) is 5.91 Å². The highest BCUT2D eigenvalue weighted by Gasteiger charge is 2.44. The molecule has 1 aliphatic heterocycles. The Bertz CT molecular complexity index is 583. The van der Waals surface area contributed by atoms with Crippen molar-refractivity contribution in [2.45, 2.75) is 31.3 Å². The van der Waals surface area contributed by atoms with E-state index in [2.05, 4.69) is 5.32 Å². The minimum atomic E-state index is -0.962. The van der Waals surface area contributed by atoms with Crippen LogP contribution in [0.15, 0.2) is 30.3 Å². The third kappa shape index (κ3) is 2.67. The molecule has 0 radical (unpaired) electrons. The lowest BCUT2D eigenvalue weighted by molar-refractivity contribution is -0.140. The summed E-state index contributed by atoms with van der Waals surface area (Å²) in [4.78, 5) is 36.8. The Morgan fingerprint density at radius 2 is 1.90 bits per heavy atom. The molecule has 110 valence electrons. The number of carboxylic acids is 1. The monoisotopic (exact) mass is 288 g/mol. The third-order valence-corrected chi connectivity index (χ3v) is 3.90. The molecule has 2 fully saturated rings. The fourth-order valence-electron chi connectivity index (χ4n) is 2.67. The van der Waals surface area contributed by atoms with Gasteiger partial charge in [-0.15, -0.1) is 0 Å². The normalized spacial score (nSPS) is 23.4. The Hall–Kier alpha value is -2.21. The van der Waals surface area contributed by atoms with Crippen molar-refractivity contribution in [2.24, 2.45) is 5.92 Å². The summed E-state index contributed by atoms with van der Waals surface area (Å²) in [6.07, 6.45) is 1.70. The first-order valence-corrected chi connectivity index (χ1v) is 6.98. The zero-order chi connectivity index (χ0) is 15.0. The molecule has 21 heavy (non-hydrogen) atoms. The van der Waals surface area contributed by atoms with Gasteiger partial charge in [0.05, 0.1) is 18.2 Å². The van der Waals surface area contributed by atoms with Gasteiger partial charge in [-0.25, -0.2) is 4.90 Å². The predicted octanol–water partition coefficient (Wildman–Crippen LogP) is 0.771. The molecule has 1 aromatic rings. The van der Waals surface area contributed by atoms with Gasteiger partial charge >= 0.3 is 5.97 Å². The molecule has 2 N–H and O–H groups in total. The van der Waals surface area contributed by atoms with E-state index < -0.39 is 18.1 Å². The first-order valence-electron chi connectivity index (χ1n) is 6.98. The third-order valence-electron chi connectivity index (χ3n) is 3.90. The molecule has 0 spiro atoms. The van der Waals surface area contributed by atoms with E-state index in [0.717, 1.165) is 17.7 Å². The molecule has 2 aliphatic rings. The molecule has 1 aliphatic carbocycles. The van der Waals surface area contributed by atoms with Gasteiger partial charge in [0.15, 0.2) is 0 Å². The van der Waals surface area contributed by atoms with Gasteiger partial charge in [-0.3, -0.25) is 19.7 Å². The van der Waals surface area contributed by atoms with E-state index in [1.807, 2.05) is 0 Å². The molecule has 1 saturated heterocycles. The highest BCUT2D eigenvalue weighted by Crippen LogP contribution is 2.33. The van der Waals surface area contributed by atoms with E-state index in [1.165, 1.54) is 0 Å². The zero-order valence-electron chi connectivity index (χ0n) is 11.4. The van der Waals surface area contributed by atoms with E-state index in [-0.39, 0.29) is 24.2 Å². The van der Waals surface area contributed by atoms with E-state index >= 15 is 0 Å². The van der Waals surface area contributed by atoms with Crippen LogP contribution in [0.2, 0.25) is 0 Å².